The Kier molecular flexibility index (Phi) is 10.8. The van der Waals surface area contributed by atoms with Crippen LogP contribution < -0.4 is 10.1 Å². The zero-order valence-electron chi connectivity index (χ0n) is 21.5. The van der Waals surface area contributed by atoms with E-state index in [2.05, 4.69) is 12.2 Å². The molecule has 0 saturated heterocycles. The van der Waals surface area contributed by atoms with Crippen molar-refractivity contribution in [3.63, 3.8) is 0 Å². The Morgan fingerprint density at radius 2 is 1.54 bits per heavy atom. The van der Waals surface area contributed by atoms with Crippen molar-refractivity contribution in [2.24, 2.45) is 5.92 Å². The van der Waals surface area contributed by atoms with E-state index < -0.39 is 6.04 Å². The van der Waals surface area contributed by atoms with Gasteiger partial charge < -0.3 is 15.0 Å². The average Bonchev–Trinajstić information content (AvgIpc) is 2.90. The van der Waals surface area contributed by atoms with Gasteiger partial charge in [0, 0.05) is 35.1 Å². The molecule has 0 heterocycles. The number of nitrogens with zero attached hydrogens (tertiary/aromatic N) is 1. The summed E-state index contributed by atoms with van der Waals surface area (Å²) < 4.78 is 5.84. The van der Waals surface area contributed by atoms with Crippen LogP contribution in [0.2, 0.25) is 10.0 Å². The van der Waals surface area contributed by atoms with Gasteiger partial charge in [0.15, 0.2) is 6.61 Å². The first-order valence-electron chi connectivity index (χ1n) is 12.5. The lowest BCUT2D eigenvalue weighted by Crippen LogP contribution is -2.52. The fourth-order valence-corrected chi connectivity index (χ4v) is 4.40. The van der Waals surface area contributed by atoms with E-state index in [4.69, 9.17) is 27.9 Å². The molecule has 3 aromatic rings. The molecule has 0 aliphatic rings. The highest BCUT2D eigenvalue weighted by molar-refractivity contribution is 6.36. The number of aryl methyl sites for hydroxylation is 1. The summed E-state index contributed by atoms with van der Waals surface area (Å²) in [6, 6.07) is 21.7. The van der Waals surface area contributed by atoms with E-state index in [9.17, 15) is 9.59 Å². The molecule has 3 aromatic carbocycles. The van der Waals surface area contributed by atoms with Crippen molar-refractivity contribution in [1.82, 2.24) is 10.2 Å². The number of carbonyl (C=O) groups is 2. The van der Waals surface area contributed by atoms with Gasteiger partial charge in [-0.25, -0.2) is 0 Å². The van der Waals surface area contributed by atoms with E-state index in [1.54, 1.807) is 18.2 Å². The van der Waals surface area contributed by atoms with Gasteiger partial charge in [0.2, 0.25) is 5.91 Å². The predicted octanol–water partition coefficient (Wildman–Crippen LogP) is 6.35. The minimum Gasteiger partial charge on any atom is -0.484 e. The van der Waals surface area contributed by atoms with Gasteiger partial charge in [-0.2, -0.15) is 0 Å². The summed E-state index contributed by atoms with van der Waals surface area (Å²) in [4.78, 5) is 28.7. The number of benzene rings is 3. The minimum atomic E-state index is -0.785. The second-order valence-corrected chi connectivity index (χ2v) is 10.2. The quantitative estimate of drug-likeness (QED) is 0.291. The summed E-state index contributed by atoms with van der Waals surface area (Å²) in [6.45, 7) is 6.47. The second kappa shape index (κ2) is 14.1. The molecule has 0 spiro atoms. The lowest BCUT2D eigenvalue weighted by Gasteiger charge is -2.32. The van der Waals surface area contributed by atoms with Crippen LogP contribution in [0, 0.1) is 5.92 Å². The summed E-state index contributed by atoms with van der Waals surface area (Å²) in [7, 11) is 0. The molecule has 3 rings (SSSR count). The SMILES string of the molecule is CCc1ccc(OCC(=O)N(Cc2c(Cl)cccc2Cl)C(Cc2ccccc2)C(=O)NCC(C)C)cc1. The van der Waals surface area contributed by atoms with Crippen molar-refractivity contribution in [1.29, 1.82) is 0 Å². The zero-order chi connectivity index (χ0) is 26.8. The normalized spacial score (nSPS) is 11.7. The molecule has 1 unspecified atom stereocenters. The summed E-state index contributed by atoms with van der Waals surface area (Å²) in [5.74, 6) is 0.278. The lowest BCUT2D eigenvalue weighted by atomic mass is 10.0. The van der Waals surface area contributed by atoms with Gasteiger partial charge in [0.1, 0.15) is 11.8 Å². The van der Waals surface area contributed by atoms with E-state index in [1.807, 2.05) is 68.4 Å². The average molecular weight is 542 g/mol. The molecule has 0 saturated carbocycles. The number of hydrogen-bond acceptors (Lipinski definition) is 3. The number of halogens is 2. The van der Waals surface area contributed by atoms with Gasteiger partial charge in [0.25, 0.3) is 5.91 Å². The first-order valence-corrected chi connectivity index (χ1v) is 13.3. The highest BCUT2D eigenvalue weighted by Gasteiger charge is 2.31. The molecule has 196 valence electrons. The van der Waals surface area contributed by atoms with Crippen LogP contribution in [0.4, 0.5) is 0 Å². The van der Waals surface area contributed by atoms with Crippen LogP contribution in [0.15, 0.2) is 72.8 Å². The Morgan fingerprint density at radius 3 is 2.14 bits per heavy atom. The van der Waals surface area contributed by atoms with Crippen LogP contribution in [0.25, 0.3) is 0 Å². The molecule has 0 aliphatic carbocycles. The fourth-order valence-electron chi connectivity index (χ4n) is 3.88. The van der Waals surface area contributed by atoms with Gasteiger partial charge in [-0.3, -0.25) is 9.59 Å². The van der Waals surface area contributed by atoms with Crippen molar-refractivity contribution >= 4 is 35.0 Å². The standard InChI is InChI=1S/C30H34Cl2N2O3/c1-4-22-13-15-24(16-14-22)37-20-29(35)34(19-25-26(31)11-8-12-27(25)32)28(30(36)33-18-21(2)3)17-23-9-6-5-7-10-23/h5-16,21,28H,4,17-20H2,1-3H3,(H,33,36). The van der Waals surface area contributed by atoms with Crippen LogP contribution in [0.1, 0.15) is 37.5 Å². The summed E-state index contributed by atoms with van der Waals surface area (Å²) in [6.07, 6.45) is 1.25. The molecular formula is C30H34Cl2N2O3. The molecule has 0 bridgehead atoms. The van der Waals surface area contributed by atoms with Crippen LogP contribution in [-0.4, -0.2) is 35.9 Å². The minimum absolute atomic E-state index is 0.0715. The molecule has 0 aliphatic heterocycles. The van der Waals surface area contributed by atoms with E-state index in [0.29, 0.717) is 34.3 Å². The molecule has 7 heteroatoms. The number of nitrogens with one attached hydrogen (secondary N) is 1. The number of carbonyl (C=O) groups excluding carboxylic acids is 2. The van der Waals surface area contributed by atoms with E-state index >= 15 is 0 Å². The van der Waals surface area contributed by atoms with Crippen molar-refractivity contribution in [3.8, 4) is 5.75 Å². The highest BCUT2D eigenvalue weighted by Crippen LogP contribution is 2.27. The summed E-state index contributed by atoms with van der Waals surface area (Å²) in [5.41, 5.74) is 2.70. The first-order chi connectivity index (χ1) is 17.8. The van der Waals surface area contributed by atoms with Crippen molar-refractivity contribution in [2.45, 2.75) is 46.2 Å². The summed E-state index contributed by atoms with van der Waals surface area (Å²) >= 11 is 12.9. The van der Waals surface area contributed by atoms with E-state index in [-0.39, 0.29) is 30.9 Å². The first kappa shape index (κ1) is 28.5. The molecular weight excluding hydrogens is 507 g/mol. The molecule has 0 fully saturated rings. The largest absolute Gasteiger partial charge is 0.484 e. The molecule has 37 heavy (non-hydrogen) atoms. The summed E-state index contributed by atoms with van der Waals surface area (Å²) in [5, 5.41) is 3.87. The maximum Gasteiger partial charge on any atom is 0.261 e. The third-order valence-electron chi connectivity index (χ3n) is 6.04. The molecule has 2 amide bonds. The Morgan fingerprint density at radius 1 is 0.892 bits per heavy atom. The third-order valence-corrected chi connectivity index (χ3v) is 6.75. The molecule has 1 atom stereocenters. The molecule has 0 aromatic heterocycles. The number of hydrogen-bond donors (Lipinski definition) is 1. The topological polar surface area (TPSA) is 58.6 Å². The van der Waals surface area contributed by atoms with Crippen molar-refractivity contribution < 1.29 is 14.3 Å². The monoisotopic (exact) mass is 540 g/mol. The van der Waals surface area contributed by atoms with Crippen LogP contribution in [0.5, 0.6) is 5.75 Å². The third kappa shape index (κ3) is 8.51. The van der Waals surface area contributed by atoms with Gasteiger partial charge in [-0.05, 0) is 47.7 Å². The molecule has 0 radical (unpaired) electrons. The number of rotatable bonds is 12. The van der Waals surface area contributed by atoms with Crippen molar-refractivity contribution in [2.75, 3.05) is 13.2 Å². The Bertz CT molecular complexity index is 1150. The van der Waals surface area contributed by atoms with Crippen LogP contribution in [0.3, 0.4) is 0 Å². The van der Waals surface area contributed by atoms with Crippen molar-refractivity contribution in [3.05, 3.63) is 99.5 Å². The van der Waals surface area contributed by atoms with Crippen LogP contribution >= 0.6 is 23.2 Å². The van der Waals surface area contributed by atoms with Gasteiger partial charge in [0.05, 0.1) is 0 Å². The van der Waals surface area contributed by atoms with E-state index in [1.165, 1.54) is 10.5 Å². The second-order valence-electron chi connectivity index (χ2n) is 9.35. The predicted molar refractivity (Wildman–Crippen MR) is 150 cm³/mol. The molecule has 1 N–H and O–H groups in total. The maximum atomic E-state index is 13.7. The van der Waals surface area contributed by atoms with Gasteiger partial charge >= 0.3 is 0 Å². The smallest absolute Gasteiger partial charge is 0.261 e. The Hall–Kier alpha value is -3.02. The van der Waals surface area contributed by atoms with E-state index in [0.717, 1.165) is 12.0 Å². The Balaban J connectivity index is 1.93. The fraction of sp³-hybridized carbons (Fsp3) is 0.333. The Labute approximate surface area is 229 Å². The highest BCUT2D eigenvalue weighted by atomic mass is 35.5. The van der Waals surface area contributed by atoms with Gasteiger partial charge in [-0.1, -0.05) is 92.5 Å². The molecule has 5 nitrogen and oxygen atoms in total. The maximum absolute atomic E-state index is 13.7. The number of ether oxygens (including phenoxy) is 1. The lowest BCUT2D eigenvalue weighted by molar-refractivity contribution is -0.142. The van der Waals surface area contributed by atoms with Crippen LogP contribution in [-0.2, 0) is 29.0 Å². The van der Waals surface area contributed by atoms with Gasteiger partial charge in [-0.15, -0.1) is 0 Å². The number of amides is 2. The zero-order valence-corrected chi connectivity index (χ0v) is 23.1.